The van der Waals surface area contributed by atoms with Gasteiger partial charge in [-0.3, -0.25) is 14.4 Å². The van der Waals surface area contributed by atoms with Gasteiger partial charge >= 0.3 is 0 Å². The van der Waals surface area contributed by atoms with Crippen LogP contribution in [0.5, 0.6) is 0 Å². The monoisotopic (exact) mass is 353 g/mol. The molecule has 1 aliphatic carbocycles. The van der Waals surface area contributed by atoms with E-state index in [4.69, 9.17) is 5.73 Å². The quantitative estimate of drug-likeness (QED) is 0.799. The Bertz CT molecular complexity index is 726. The molecule has 2 aliphatic rings. The second kappa shape index (κ2) is 6.69. The van der Waals surface area contributed by atoms with Crippen LogP contribution in [-0.4, -0.2) is 40.7 Å². The van der Waals surface area contributed by atoms with Crippen LogP contribution < -0.4 is 11.3 Å². The van der Waals surface area contributed by atoms with E-state index < -0.39 is 5.56 Å². The number of rotatable bonds is 1. The number of nitrogens with two attached hydrogens (primary N) is 1. The van der Waals surface area contributed by atoms with E-state index in [9.17, 15) is 14.4 Å². The molecule has 1 fully saturated rings. The van der Waals surface area contributed by atoms with E-state index in [0.717, 1.165) is 12.8 Å². The lowest BCUT2D eigenvalue weighted by atomic mass is 9.75. The van der Waals surface area contributed by atoms with E-state index >= 15 is 0 Å². The van der Waals surface area contributed by atoms with Gasteiger partial charge in [-0.15, -0.1) is 12.4 Å². The van der Waals surface area contributed by atoms with Crippen molar-refractivity contribution in [3.63, 3.8) is 0 Å². The Labute approximate surface area is 147 Å². The van der Waals surface area contributed by atoms with Crippen LogP contribution in [-0.2, 0) is 6.42 Å². The second-order valence-corrected chi connectivity index (χ2v) is 7.50. The molecular weight excluding hydrogens is 330 g/mol. The number of hydrogen-bond donors (Lipinski definition) is 2. The lowest BCUT2D eigenvalue weighted by Gasteiger charge is -2.32. The van der Waals surface area contributed by atoms with Crippen LogP contribution >= 0.6 is 12.4 Å². The van der Waals surface area contributed by atoms with Crippen molar-refractivity contribution in [1.82, 2.24) is 9.88 Å². The fourth-order valence-electron chi connectivity index (χ4n) is 3.55. The number of pyridine rings is 1. The van der Waals surface area contributed by atoms with Crippen LogP contribution in [0.4, 0.5) is 0 Å². The van der Waals surface area contributed by atoms with Crippen molar-refractivity contribution in [3.8, 4) is 0 Å². The van der Waals surface area contributed by atoms with Crippen molar-refractivity contribution in [3.05, 3.63) is 33.2 Å². The fourth-order valence-corrected chi connectivity index (χ4v) is 3.55. The molecule has 132 valence electrons. The summed E-state index contributed by atoms with van der Waals surface area (Å²) >= 11 is 0. The summed E-state index contributed by atoms with van der Waals surface area (Å²) in [5.41, 5.74) is 6.49. The molecule has 3 N–H and O–H groups in total. The van der Waals surface area contributed by atoms with Gasteiger partial charge in [0, 0.05) is 36.8 Å². The fraction of sp³-hybridized carbons (Fsp3) is 0.588. The molecule has 0 aromatic carbocycles. The Morgan fingerprint density at radius 2 is 2.04 bits per heavy atom. The molecule has 1 aromatic heterocycles. The van der Waals surface area contributed by atoms with Gasteiger partial charge in [-0.2, -0.15) is 0 Å². The number of hydrogen-bond acceptors (Lipinski definition) is 4. The molecule has 0 spiro atoms. The first-order valence-corrected chi connectivity index (χ1v) is 8.11. The lowest BCUT2D eigenvalue weighted by molar-refractivity contribution is 0.0707. The van der Waals surface area contributed by atoms with Gasteiger partial charge < -0.3 is 15.6 Å². The Balaban J connectivity index is 0.00000208. The van der Waals surface area contributed by atoms with Crippen LogP contribution in [0, 0.1) is 5.41 Å². The van der Waals surface area contributed by atoms with Crippen LogP contribution in [0.25, 0.3) is 0 Å². The predicted molar refractivity (Wildman–Crippen MR) is 93.9 cm³/mol. The zero-order valence-corrected chi connectivity index (χ0v) is 14.9. The van der Waals surface area contributed by atoms with Crippen molar-refractivity contribution >= 4 is 24.1 Å². The number of amides is 1. The van der Waals surface area contributed by atoms with Crippen molar-refractivity contribution in [2.24, 2.45) is 11.1 Å². The van der Waals surface area contributed by atoms with E-state index in [2.05, 4.69) is 4.98 Å². The van der Waals surface area contributed by atoms with Gasteiger partial charge in [0.15, 0.2) is 5.78 Å². The van der Waals surface area contributed by atoms with Gasteiger partial charge in [-0.1, -0.05) is 13.8 Å². The molecule has 6 nitrogen and oxygen atoms in total. The molecule has 2 heterocycles. The normalized spacial score (nSPS) is 22.5. The maximum absolute atomic E-state index is 12.6. The topological polar surface area (TPSA) is 96.3 Å². The van der Waals surface area contributed by atoms with Crippen molar-refractivity contribution < 1.29 is 9.59 Å². The first kappa shape index (κ1) is 18.7. The number of likely N-dealkylation sites (tertiary alicyclic amines) is 1. The van der Waals surface area contributed by atoms with Gasteiger partial charge in [0.25, 0.3) is 11.5 Å². The molecule has 1 aromatic rings. The molecule has 0 saturated carbocycles. The summed E-state index contributed by atoms with van der Waals surface area (Å²) in [4.78, 5) is 41.7. The highest BCUT2D eigenvalue weighted by atomic mass is 35.5. The summed E-state index contributed by atoms with van der Waals surface area (Å²) in [5, 5.41) is 0. The second-order valence-electron chi connectivity index (χ2n) is 7.50. The van der Waals surface area contributed by atoms with E-state index in [1.54, 1.807) is 4.90 Å². The molecule has 1 amide bonds. The zero-order valence-electron chi connectivity index (χ0n) is 14.1. The molecule has 1 aliphatic heterocycles. The third-order valence-electron chi connectivity index (χ3n) is 4.69. The largest absolute Gasteiger partial charge is 0.337 e. The minimum atomic E-state index is -0.418. The molecule has 0 bridgehead atoms. The minimum absolute atomic E-state index is 0. The van der Waals surface area contributed by atoms with Gasteiger partial charge in [0.05, 0.1) is 0 Å². The molecule has 3 rings (SSSR count). The number of carbonyl (C=O) groups excluding carboxylic acids is 2. The molecule has 0 radical (unpaired) electrons. The number of Topliss-reactive ketones (excluding diaryl/α,β-unsaturated/α-hetero) is 1. The molecular formula is C17H24ClN3O3. The summed E-state index contributed by atoms with van der Waals surface area (Å²) in [7, 11) is 0. The molecule has 1 saturated heterocycles. The first-order valence-electron chi connectivity index (χ1n) is 8.11. The van der Waals surface area contributed by atoms with Crippen molar-refractivity contribution in [2.45, 2.75) is 45.6 Å². The average Bonchev–Trinajstić information content (AvgIpc) is 2.44. The molecule has 24 heavy (non-hydrogen) atoms. The number of piperidine rings is 1. The van der Waals surface area contributed by atoms with E-state index in [-0.39, 0.29) is 41.1 Å². The number of H-pyrrole nitrogens is 1. The Morgan fingerprint density at radius 3 is 2.71 bits per heavy atom. The van der Waals surface area contributed by atoms with Crippen LogP contribution in [0.15, 0.2) is 10.9 Å². The zero-order chi connectivity index (χ0) is 16.8. The highest BCUT2D eigenvalue weighted by Gasteiger charge is 2.33. The summed E-state index contributed by atoms with van der Waals surface area (Å²) in [6, 6.07) is 1.43. The van der Waals surface area contributed by atoms with Crippen molar-refractivity contribution in [2.75, 3.05) is 13.1 Å². The predicted octanol–water partition coefficient (Wildman–Crippen LogP) is 1.52. The standard InChI is InChI=1S/C17H23N3O3.ClH/c1-17(2)7-13-11(14(21)8-17)6-12(15(22)19-13)16(23)20-5-3-4-10(18)9-20;/h6,10H,3-5,7-9,18H2,1-2H3,(H,19,22);1H. The number of aromatic amines is 1. The number of aromatic nitrogens is 1. The lowest BCUT2D eigenvalue weighted by Crippen LogP contribution is -2.47. The number of carbonyl (C=O) groups is 2. The van der Waals surface area contributed by atoms with Gasteiger partial charge in [0.2, 0.25) is 0 Å². The van der Waals surface area contributed by atoms with Crippen molar-refractivity contribution in [1.29, 1.82) is 0 Å². The highest BCUT2D eigenvalue weighted by molar-refractivity contribution is 6.02. The van der Waals surface area contributed by atoms with Crippen LogP contribution in [0.3, 0.4) is 0 Å². The number of ketones is 1. The van der Waals surface area contributed by atoms with Crippen LogP contribution in [0.1, 0.15) is 59.5 Å². The minimum Gasteiger partial charge on any atom is -0.337 e. The molecule has 1 unspecified atom stereocenters. The SMILES string of the molecule is CC1(C)CC(=O)c2cc(C(=O)N3CCCC(N)C3)c(=O)[nH]c2C1.Cl. The maximum atomic E-state index is 12.6. The van der Waals surface area contributed by atoms with Gasteiger partial charge in [0.1, 0.15) is 5.56 Å². The number of halogens is 1. The number of nitrogens with zero attached hydrogens (tertiary/aromatic N) is 1. The smallest absolute Gasteiger partial charge is 0.261 e. The molecule has 1 atom stereocenters. The maximum Gasteiger partial charge on any atom is 0.261 e. The van der Waals surface area contributed by atoms with Gasteiger partial charge in [-0.25, -0.2) is 0 Å². The Morgan fingerprint density at radius 1 is 1.33 bits per heavy atom. The van der Waals surface area contributed by atoms with Gasteiger partial charge in [-0.05, 0) is 30.7 Å². The number of fused-ring (bicyclic) bond motifs is 1. The Hall–Kier alpha value is -1.66. The third-order valence-corrected chi connectivity index (χ3v) is 4.69. The first-order chi connectivity index (χ1) is 10.8. The third kappa shape index (κ3) is 3.54. The van der Waals surface area contributed by atoms with Crippen LogP contribution in [0.2, 0.25) is 0 Å². The number of nitrogens with one attached hydrogen (secondary N) is 1. The summed E-state index contributed by atoms with van der Waals surface area (Å²) in [5.74, 6) is -0.348. The molecule has 7 heteroatoms. The van der Waals surface area contributed by atoms with E-state index in [1.165, 1.54) is 6.07 Å². The van der Waals surface area contributed by atoms with E-state index in [0.29, 0.717) is 37.2 Å². The van der Waals surface area contributed by atoms with E-state index in [1.807, 2.05) is 13.8 Å². The average molecular weight is 354 g/mol. The highest BCUT2D eigenvalue weighted by Crippen LogP contribution is 2.33. The summed E-state index contributed by atoms with van der Waals surface area (Å²) in [6.07, 6.45) is 2.78. The summed E-state index contributed by atoms with van der Waals surface area (Å²) in [6.45, 7) is 5.06. The Kier molecular flexibility index (Phi) is 5.20. The summed E-state index contributed by atoms with van der Waals surface area (Å²) < 4.78 is 0.